The van der Waals surface area contributed by atoms with Crippen molar-refractivity contribution >= 4 is 17.9 Å². The van der Waals surface area contributed by atoms with E-state index in [0.29, 0.717) is 11.8 Å². The predicted molar refractivity (Wildman–Crippen MR) is 145 cm³/mol. The van der Waals surface area contributed by atoms with Crippen molar-refractivity contribution in [3.8, 4) is 23.0 Å². The molecule has 1 saturated carbocycles. The first-order valence-corrected chi connectivity index (χ1v) is 13.0. The third-order valence-electron chi connectivity index (χ3n) is 6.66. The van der Waals surface area contributed by atoms with Gasteiger partial charge < -0.3 is 25.3 Å². The number of nitrogens with zero attached hydrogens (tertiary/aromatic N) is 1. The van der Waals surface area contributed by atoms with E-state index in [1.54, 1.807) is 6.07 Å². The minimum Gasteiger partial charge on any atom is -0.493 e. The number of carbonyl (C=O) groups excluding carboxylic acids is 2. The van der Waals surface area contributed by atoms with Crippen LogP contribution in [-0.4, -0.2) is 43.9 Å². The van der Waals surface area contributed by atoms with Crippen molar-refractivity contribution in [2.75, 3.05) is 19.5 Å². The molecule has 3 aromatic rings. The molecule has 0 unspecified atom stereocenters. The lowest BCUT2D eigenvalue weighted by Gasteiger charge is -2.30. The summed E-state index contributed by atoms with van der Waals surface area (Å²) >= 11 is 0. The molecule has 8 nitrogen and oxygen atoms in total. The van der Waals surface area contributed by atoms with E-state index in [2.05, 4.69) is 20.8 Å². The van der Waals surface area contributed by atoms with Crippen LogP contribution >= 0.6 is 0 Å². The lowest BCUT2D eigenvalue weighted by molar-refractivity contribution is -0.274. The zero-order valence-electron chi connectivity index (χ0n) is 23.1. The number of carbonyl (C=O) groups is 2. The van der Waals surface area contributed by atoms with Gasteiger partial charge >= 0.3 is 12.5 Å². The molecule has 1 heterocycles. The van der Waals surface area contributed by atoms with Gasteiger partial charge in [-0.3, -0.25) is 14.6 Å². The fourth-order valence-electron chi connectivity index (χ4n) is 4.66. The molecular formula is C29H29F6N3O5. The first-order valence-electron chi connectivity index (χ1n) is 13.0. The summed E-state index contributed by atoms with van der Waals surface area (Å²) in [5.74, 6) is -2.99. The molecule has 0 radical (unpaired) electrons. The van der Waals surface area contributed by atoms with E-state index in [1.165, 1.54) is 50.7 Å². The Hall–Kier alpha value is -4.33. The molecule has 1 aromatic heterocycles. The molecule has 0 saturated heterocycles. The van der Waals surface area contributed by atoms with Crippen molar-refractivity contribution in [1.29, 1.82) is 0 Å². The average Bonchev–Trinajstić information content (AvgIpc) is 2.97. The summed E-state index contributed by atoms with van der Waals surface area (Å²) in [6.45, 7) is 0. The Morgan fingerprint density at radius 2 is 1.63 bits per heavy atom. The highest BCUT2D eigenvalue weighted by Crippen LogP contribution is 2.44. The van der Waals surface area contributed by atoms with Gasteiger partial charge in [-0.2, -0.15) is 13.2 Å². The maximum atomic E-state index is 13.2. The van der Waals surface area contributed by atoms with Crippen molar-refractivity contribution in [1.82, 2.24) is 4.98 Å². The van der Waals surface area contributed by atoms with E-state index in [0.717, 1.165) is 12.1 Å². The molecule has 4 rings (SSSR count). The molecule has 0 atom stereocenters. The standard InChI is InChI=1S/C28H24F6N2O5.CH5N/c1-39-25-14-21(41-28(32,33)34)7-9-23(25)40-24-12-17(16-2-5-18(6-3-16)27(29,30)31)4-8-22(24)26(38)36-19-10-11-35-20(13-19)15-37;1-2/h4,7-16,18H,2-3,5-6H2,1H3,(H,35,36,38);2H2,1H3. The van der Waals surface area contributed by atoms with E-state index < -0.39 is 30.1 Å². The number of hydrogen-bond donors (Lipinski definition) is 2. The number of anilines is 1. The van der Waals surface area contributed by atoms with Crippen LogP contribution in [0.4, 0.5) is 32.0 Å². The zero-order chi connectivity index (χ0) is 31.8. The summed E-state index contributed by atoms with van der Waals surface area (Å²) in [6.07, 6.45) is -6.91. The van der Waals surface area contributed by atoms with Crippen LogP contribution in [0.2, 0.25) is 0 Å². The molecule has 1 aliphatic rings. The molecule has 3 N–H and O–H groups in total. The first kappa shape index (κ1) is 33.2. The second kappa shape index (κ2) is 14.2. The van der Waals surface area contributed by atoms with Gasteiger partial charge in [0.15, 0.2) is 17.8 Å². The second-order valence-electron chi connectivity index (χ2n) is 9.35. The number of hydrogen-bond acceptors (Lipinski definition) is 7. The van der Waals surface area contributed by atoms with E-state index in [-0.39, 0.29) is 65.8 Å². The highest BCUT2D eigenvalue weighted by Gasteiger charge is 2.41. The Morgan fingerprint density at radius 3 is 2.23 bits per heavy atom. The summed E-state index contributed by atoms with van der Waals surface area (Å²) in [6, 6.07) is 10.5. The largest absolute Gasteiger partial charge is 0.573 e. The van der Waals surface area contributed by atoms with Crippen LogP contribution in [0.1, 0.15) is 58.0 Å². The van der Waals surface area contributed by atoms with Gasteiger partial charge in [-0.1, -0.05) is 6.07 Å². The Kier molecular flexibility index (Phi) is 11.0. The Bertz CT molecular complexity index is 1410. The second-order valence-corrected chi connectivity index (χ2v) is 9.35. The number of rotatable bonds is 8. The Labute approximate surface area is 243 Å². The number of ether oxygens (including phenoxy) is 3. The van der Waals surface area contributed by atoms with Gasteiger partial charge in [0, 0.05) is 18.0 Å². The molecule has 2 aromatic carbocycles. The maximum absolute atomic E-state index is 13.2. The number of alkyl halides is 6. The lowest BCUT2D eigenvalue weighted by atomic mass is 9.78. The van der Waals surface area contributed by atoms with E-state index in [1.807, 2.05) is 0 Å². The summed E-state index contributed by atoms with van der Waals surface area (Å²) < 4.78 is 92.6. The quantitative estimate of drug-likeness (QED) is 0.203. The van der Waals surface area contributed by atoms with E-state index in [9.17, 15) is 35.9 Å². The summed E-state index contributed by atoms with van der Waals surface area (Å²) in [5.41, 5.74) is 5.49. The van der Waals surface area contributed by atoms with Gasteiger partial charge in [0.05, 0.1) is 18.6 Å². The van der Waals surface area contributed by atoms with Crippen LogP contribution in [0.3, 0.4) is 0 Å². The predicted octanol–water partition coefficient (Wildman–Crippen LogP) is 7.26. The van der Waals surface area contributed by atoms with Crippen molar-refractivity contribution < 1.29 is 50.1 Å². The molecule has 1 aliphatic carbocycles. The van der Waals surface area contributed by atoms with Crippen molar-refractivity contribution in [3.05, 3.63) is 71.5 Å². The van der Waals surface area contributed by atoms with Crippen LogP contribution in [-0.2, 0) is 0 Å². The zero-order valence-corrected chi connectivity index (χ0v) is 23.1. The smallest absolute Gasteiger partial charge is 0.493 e. The van der Waals surface area contributed by atoms with E-state index in [4.69, 9.17) is 9.47 Å². The number of aldehydes is 1. The third kappa shape index (κ3) is 9.08. The Balaban J connectivity index is 0.00000248. The van der Waals surface area contributed by atoms with Crippen LogP contribution in [0.5, 0.6) is 23.0 Å². The van der Waals surface area contributed by atoms with Crippen molar-refractivity contribution in [2.45, 2.75) is 44.1 Å². The van der Waals surface area contributed by atoms with Crippen molar-refractivity contribution in [3.63, 3.8) is 0 Å². The highest BCUT2D eigenvalue weighted by molar-refractivity contribution is 6.06. The Morgan fingerprint density at radius 1 is 0.930 bits per heavy atom. The molecule has 1 amide bonds. The minimum atomic E-state index is -4.94. The van der Waals surface area contributed by atoms with Crippen LogP contribution in [0, 0.1) is 5.92 Å². The normalized spacial score (nSPS) is 16.8. The molecule has 0 aliphatic heterocycles. The molecule has 14 heteroatoms. The molecule has 0 spiro atoms. The van der Waals surface area contributed by atoms with Crippen LogP contribution < -0.4 is 25.3 Å². The van der Waals surface area contributed by atoms with Crippen LogP contribution in [0.15, 0.2) is 54.7 Å². The fraction of sp³-hybridized carbons (Fsp3) is 0.345. The van der Waals surface area contributed by atoms with Gasteiger partial charge in [0.25, 0.3) is 5.91 Å². The van der Waals surface area contributed by atoms with E-state index >= 15 is 0 Å². The van der Waals surface area contributed by atoms with Gasteiger partial charge in [0.2, 0.25) is 0 Å². The summed E-state index contributed by atoms with van der Waals surface area (Å²) in [5, 5.41) is 2.62. The molecule has 232 valence electrons. The lowest BCUT2D eigenvalue weighted by Crippen LogP contribution is -2.27. The maximum Gasteiger partial charge on any atom is 0.573 e. The molecule has 1 fully saturated rings. The highest BCUT2D eigenvalue weighted by atomic mass is 19.4. The van der Waals surface area contributed by atoms with Gasteiger partial charge in [-0.05, 0) is 80.6 Å². The van der Waals surface area contributed by atoms with Crippen LogP contribution in [0.25, 0.3) is 0 Å². The molecular weight excluding hydrogens is 584 g/mol. The van der Waals surface area contributed by atoms with Gasteiger partial charge in [0.1, 0.15) is 17.2 Å². The fourth-order valence-corrected chi connectivity index (χ4v) is 4.66. The molecule has 43 heavy (non-hydrogen) atoms. The number of halogens is 6. The van der Waals surface area contributed by atoms with Crippen molar-refractivity contribution in [2.24, 2.45) is 11.7 Å². The number of pyridine rings is 1. The van der Waals surface area contributed by atoms with Gasteiger partial charge in [-0.15, -0.1) is 13.2 Å². The minimum absolute atomic E-state index is 0.00889. The third-order valence-corrected chi connectivity index (χ3v) is 6.66. The number of benzene rings is 2. The summed E-state index contributed by atoms with van der Waals surface area (Å²) in [4.78, 5) is 28.1. The molecule has 0 bridgehead atoms. The topological polar surface area (TPSA) is 113 Å². The summed E-state index contributed by atoms with van der Waals surface area (Å²) in [7, 11) is 2.71. The average molecular weight is 614 g/mol. The number of methoxy groups -OCH3 is 1. The van der Waals surface area contributed by atoms with Gasteiger partial charge in [-0.25, -0.2) is 0 Å². The number of amides is 1. The number of nitrogens with two attached hydrogens (primary N) is 1. The monoisotopic (exact) mass is 613 g/mol. The number of aromatic nitrogens is 1. The number of nitrogens with one attached hydrogen (secondary N) is 1. The SMILES string of the molecule is CN.COc1cc(OC(F)(F)F)ccc1Oc1cc(C2CCC(C(F)(F)F)CC2)ccc1C(=O)Nc1ccnc(C=O)c1. The first-order chi connectivity index (χ1) is 20.4.